The molecular formula is C21H26N8O2. The standard InChI is InChI=1S/C21H26N8O2/c1-31-14-4-12-29-21(25-26-27-29)20(23-9-3-11-28-13-10-22-15-28)17-8-7-16-5-2-6-18(30)19(16)24-17/h2,5-8,10,13,15,20,23,30H,3-4,9,11-12,14H2,1H3. The summed E-state index contributed by atoms with van der Waals surface area (Å²) in [5.74, 6) is 0.832. The van der Waals surface area contributed by atoms with Gasteiger partial charge in [0.15, 0.2) is 5.82 Å². The van der Waals surface area contributed by atoms with Crippen LogP contribution in [0.1, 0.15) is 30.4 Å². The molecule has 1 unspecified atom stereocenters. The first-order valence-electron chi connectivity index (χ1n) is 10.3. The number of tetrazole rings is 1. The molecule has 0 aliphatic heterocycles. The van der Waals surface area contributed by atoms with Crippen molar-refractivity contribution >= 4 is 10.9 Å². The Labute approximate surface area is 179 Å². The SMILES string of the molecule is COCCCn1nnnc1C(NCCCn1ccnc1)c1ccc2cccc(O)c2n1. The number of para-hydroxylation sites is 1. The van der Waals surface area contributed by atoms with Gasteiger partial charge in [-0.05, 0) is 41.9 Å². The fourth-order valence-corrected chi connectivity index (χ4v) is 3.50. The van der Waals surface area contributed by atoms with Crippen molar-refractivity contribution in [2.45, 2.75) is 32.0 Å². The summed E-state index contributed by atoms with van der Waals surface area (Å²) in [6, 6.07) is 8.96. The number of phenolic OH excluding ortho intramolecular Hbond substituents is 1. The zero-order valence-corrected chi connectivity index (χ0v) is 17.4. The molecule has 0 spiro atoms. The molecule has 0 aliphatic carbocycles. The number of pyridine rings is 1. The maximum absolute atomic E-state index is 10.3. The molecule has 0 saturated carbocycles. The van der Waals surface area contributed by atoms with Gasteiger partial charge in [-0.25, -0.2) is 14.6 Å². The molecule has 31 heavy (non-hydrogen) atoms. The highest BCUT2D eigenvalue weighted by atomic mass is 16.5. The molecule has 10 heteroatoms. The van der Waals surface area contributed by atoms with E-state index in [1.165, 1.54) is 0 Å². The summed E-state index contributed by atoms with van der Waals surface area (Å²) in [6.45, 7) is 2.85. The quantitative estimate of drug-likeness (QED) is 0.352. The number of aromatic nitrogens is 7. The first kappa shape index (κ1) is 20.9. The molecule has 1 atom stereocenters. The van der Waals surface area contributed by atoms with Gasteiger partial charge in [-0.1, -0.05) is 18.2 Å². The van der Waals surface area contributed by atoms with Crippen molar-refractivity contribution in [3.8, 4) is 5.75 Å². The normalized spacial score (nSPS) is 12.4. The maximum Gasteiger partial charge on any atom is 0.174 e. The van der Waals surface area contributed by atoms with Crippen LogP contribution in [0.4, 0.5) is 0 Å². The third-order valence-electron chi connectivity index (χ3n) is 5.05. The third kappa shape index (κ3) is 5.04. The number of hydrogen-bond acceptors (Lipinski definition) is 8. The summed E-state index contributed by atoms with van der Waals surface area (Å²) < 4.78 is 8.98. The Morgan fingerprint density at radius 3 is 2.94 bits per heavy atom. The summed E-state index contributed by atoms with van der Waals surface area (Å²) in [6.07, 6.45) is 7.23. The van der Waals surface area contributed by atoms with E-state index < -0.39 is 0 Å². The zero-order chi connectivity index (χ0) is 21.5. The Bertz CT molecular complexity index is 1100. The predicted octanol–water partition coefficient (Wildman–Crippen LogP) is 1.93. The van der Waals surface area contributed by atoms with Gasteiger partial charge in [0, 0.05) is 44.6 Å². The molecule has 0 fully saturated rings. The average molecular weight is 422 g/mol. The molecule has 0 amide bonds. The number of nitrogens with one attached hydrogen (secondary N) is 1. The van der Waals surface area contributed by atoms with Crippen LogP contribution in [0.25, 0.3) is 10.9 Å². The van der Waals surface area contributed by atoms with Crippen molar-refractivity contribution < 1.29 is 9.84 Å². The summed E-state index contributed by atoms with van der Waals surface area (Å²) in [5.41, 5.74) is 1.31. The summed E-state index contributed by atoms with van der Waals surface area (Å²) in [7, 11) is 1.68. The highest BCUT2D eigenvalue weighted by Crippen LogP contribution is 2.26. The highest BCUT2D eigenvalue weighted by Gasteiger charge is 2.22. The van der Waals surface area contributed by atoms with Gasteiger partial charge in [0.25, 0.3) is 0 Å². The van der Waals surface area contributed by atoms with Crippen LogP contribution >= 0.6 is 0 Å². The summed E-state index contributed by atoms with van der Waals surface area (Å²) in [5, 5.41) is 27.0. The minimum Gasteiger partial charge on any atom is -0.506 e. The Hall–Kier alpha value is -3.37. The minimum absolute atomic E-state index is 0.151. The van der Waals surface area contributed by atoms with E-state index in [4.69, 9.17) is 9.72 Å². The molecule has 0 saturated heterocycles. The Morgan fingerprint density at radius 1 is 1.16 bits per heavy atom. The van der Waals surface area contributed by atoms with E-state index in [2.05, 4.69) is 25.8 Å². The van der Waals surface area contributed by atoms with Crippen LogP contribution in [0.2, 0.25) is 0 Å². The number of methoxy groups -OCH3 is 1. The lowest BCUT2D eigenvalue weighted by molar-refractivity contribution is 0.188. The van der Waals surface area contributed by atoms with E-state index in [0.717, 1.165) is 37.0 Å². The fourth-order valence-electron chi connectivity index (χ4n) is 3.50. The molecule has 10 nitrogen and oxygen atoms in total. The van der Waals surface area contributed by atoms with Crippen LogP contribution < -0.4 is 5.32 Å². The van der Waals surface area contributed by atoms with Crippen molar-refractivity contribution in [2.24, 2.45) is 0 Å². The number of phenols is 1. The van der Waals surface area contributed by atoms with Gasteiger partial charge in [-0.2, -0.15) is 0 Å². The number of imidazole rings is 1. The lowest BCUT2D eigenvalue weighted by atomic mass is 10.1. The van der Waals surface area contributed by atoms with Crippen LogP contribution in [-0.2, 0) is 17.8 Å². The second-order valence-electron chi connectivity index (χ2n) is 7.23. The van der Waals surface area contributed by atoms with Gasteiger partial charge in [-0.15, -0.1) is 5.10 Å². The van der Waals surface area contributed by atoms with Crippen molar-refractivity contribution in [1.82, 2.24) is 40.1 Å². The van der Waals surface area contributed by atoms with Crippen molar-refractivity contribution in [1.29, 1.82) is 0 Å². The fraction of sp³-hybridized carbons (Fsp3) is 0.381. The number of rotatable bonds is 11. The second kappa shape index (κ2) is 10.1. The summed E-state index contributed by atoms with van der Waals surface area (Å²) >= 11 is 0. The molecule has 2 N–H and O–H groups in total. The molecule has 0 bridgehead atoms. The largest absolute Gasteiger partial charge is 0.506 e. The van der Waals surface area contributed by atoms with Crippen molar-refractivity contribution in [3.63, 3.8) is 0 Å². The molecule has 0 aliphatic rings. The monoisotopic (exact) mass is 422 g/mol. The second-order valence-corrected chi connectivity index (χ2v) is 7.23. The smallest absolute Gasteiger partial charge is 0.174 e. The number of benzene rings is 1. The number of hydrogen-bond donors (Lipinski definition) is 2. The predicted molar refractivity (Wildman–Crippen MR) is 114 cm³/mol. The van der Waals surface area contributed by atoms with Crippen LogP contribution in [0.3, 0.4) is 0 Å². The van der Waals surface area contributed by atoms with Gasteiger partial charge in [0.1, 0.15) is 17.3 Å². The van der Waals surface area contributed by atoms with Gasteiger partial charge in [0.2, 0.25) is 0 Å². The van der Waals surface area contributed by atoms with E-state index in [0.29, 0.717) is 24.5 Å². The molecule has 4 aromatic rings. The van der Waals surface area contributed by atoms with E-state index in [1.54, 1.807) is 30.1 Å². The summed E-state index contributed by atoms with van der Waals surface area (Å²) in [4.78, 5) is 8.81. The molecule has 1 aromatic carbocycles. The van der Waals surface area contributed by atoms with Gasteiger partial charge in [-0.3, -0.25) is 0 Å². The van der Waals surface area contributed by atoms with Crippen LogP contribution in [0.15, 0.2) is 49.1 Å². The maximum atomic E-state index is 10.3. The van der Waals surface area contributed by atoms with Crippen LogP contribution in [-0.4, -0.2) is 60.1 Å². The lowest BCUT2D eigenvalue weighted by Crippen LogP contribution is -2.28. The number of aryl methyl sites for hydroxylation is 2. The first-order valence-corrected chi connectivity index (χ1v) is 10.3. The minimum atomic E-state index is -0.315. The lowest BCUT2D eigenvalue weighted by Gasteiger charge is -2.18. The van der Waals surface area contributed by atoms with Crippen molar-refractivity contribution in [3.05, 3.63) is 60.6 Å². The number of nitrogens with zero attached hydrogens (tertiary/aromatic N) is 7. The van der Waals surface area contributed by atoms with E-state index in [-0.39, 0.29) is 11.8 Å². The molecule has 4 rings (SSSR count). The van der Waals surface area contributed by atoms with E-state index >= 15 is 0 Å². The number of ether oxygens (including phenoxy) is 1. The molecule has 162 valence electrons. The Balaban J connectivity index is 1.58. The number of fused-ring (bicyclic) bond motifs is 1. The van der Waals surface area contributed by atoms with Gasteiger partial charge < -0.3 is 19.7 Å². The molecule has 0 radical (unpaired) electrons. The van der Waals surface area contributed by atoms with Crippen molar-refractivity contribution in [2.75, 3.05) is 20.3 Å². The first-order chi connectivity index (χ1) is 15.3. The third-order valence-corrected chi connectivity index (χ3v) is 5.05. The Morgan fingerprint density at radius 2 is 2.10 bits per heavy atom. The highest BCUT2D eigenvalue weighted by molar-refractivity contribution is 5.84. The zero-order valence-electron chi connectivity index (χ0n) is 17.4. The average Bonchev–Trinajstić information content (AvgIpc) is 3.47. The van der Waals surface area contributed by atoms with Crippen LogP contribution in [0.5, 0.6) is 5.75 Å². The Kier molecular flexibility index (Phi) is 6.80. The topological polar surface area (TPSA) is 116 Å². The molecule has 3 heterocycles. The molecule has 3 aromatic heterocycles. The van der Waals surface area contributed by atoms with E-state index in [9.17, 15) is 5.11 Å². The van der Waals surface area contributed by atoms with Gasteiger partial charge >= 0.3 is 0 Å². The number of aromatic hydroxyl groups is 1. The van der Waals surface area contributed by atoms with E-state index in [1.807, 2.05) is 35.3 Å². The van der Waals surface area contributed by atoms with Crippen LogP contribution in [0, 0.1) is 0 Å². The molecular weight excluding hydrogens is 396 g/mol. The van der Waals surface area contributed by atoms with Gasteiger partial charge in [0.05, 0.1) is 12.0 Å².